The standard InChI is InChI=1S/C7H13B/c8-7-5-3-1-2-4-6-7/h5H,1-4,6,8H2. The lowest BCUT2D eigenvalue weighted by Gasteiger charge is -1.91. The smallest absolute Gasteiger partial charge is 0.114 e. The Morgan fingerprint density at radius 3 is 3.00 bits per heavy atom. The van der Waals surface area contributed by atoms with Crippen molar-refractivity contribution < 1.29 is 0 Å². The van der Waals surface area contributed by atoms with E-state index < -0.39 is 0 Å². The fraction of sp³-hybridized carbons (Fsp3) is 0.714. The van der Waals surface area contributed by atoms with Crippen molar-refractivity contribution in [2.24, 2.45) is 0 Å². The molecule has 1 heteroatoms. The van der Waals surface area contributed by atoms with Crippen LogP contribution in [0.2, 0.25) is 0 Å². The van der Waals surface area contributed by atoms with E-state index in [0.29, 0.717) is 0 Å². The van der Waals surface area contributed by atoms with Crippen LogP contribution in [0, 0.1) is 0 Å². The minimum Gasteiger partial charge on any atom is -0.114 e. The zero-order valence-corrected chi connectivity index (χ0v) is 5.61. The Balaban J connectivity index is 2.36. The van der Waals surface area contributed by atoms with Gasteiger partial charge in [-0.1, -0.05) is 18.9 Å². The molecular weight excluding hydrogens is 94.9 g/mol. The first-order valence-corrected chi connectivity index (χ1v) is 3.55. The van der Waals surface area contributed by atoms with Gasteiger partial charge in [0.05, 0.1) is 0 Å². The highest BCUT2D eigenvalue weighted by Gasteiger charge is 1.95. The normalized spacial score (nSPS) is 21.8. The summed E-state index contributed by atoms with van der Waals surface area (Å²) in [5, 5.41) is 0. The lowest BCUT2D eigenvalue weighted by atomic mass is 9.91. The van der Waals surface area contributed by atoms with Crippen LogP contribution in [0.3, 0.4) is 0 Å². The van der Waals surface area contributed by atoms with Gasteiger partial charge in [-0.05, 0) is 19.3 Å². The van der Waals surface area contributed by atoms with Gasteiger partial charge in [0.25, 0.3) is 0 Å². The zero-order chi connectivity index (χ0) is 5.82. The molecule has 1 aliphatic rings. The maximum absolute atomic E-state index is 2.38. The minimum atomic E-state index is 1.33. The molecule has 0 atom stereocenters. The van der Waals surface area contributed by atoms with Gasteiger partial charge in [0.1, 0.15) is 7.85 Å². The lowest BCUT2D eigenvalue weighted by molar-refractivity contribution is 0.716. The fourth-order valence-electron chi connectivity index (χ4n) is 1.18. The van der Waals surface area contributed by atoms with E-state index in [0.717, 1.165) is 0 Å². The van der Waals surface area contributed by atoms with E-state index in [4.69, 9.17) is 0 Å². The van der Waals surface area contributed by atoms with Gasteiger partial charge in [0, 0.05) is 0 Å². The Kier molecular flexibility index (Phi) is 2.19. The van der Waals surface area contributed by atoms with Crippen LogP contribution < -0.4 is 0 Å². The summed E-state index contributed by atoms with van der Waals surface area (Å²) in [6.07, 6.45) is 9.33. The maximum Gasteiger partial charge on any atom is 0.133 e. The van der Waals surface area contributed by atoms with Gasteiger partial charge in [-0.15, -0.1) is 5.47 Å². The Labute approximate surface area is 52.4 Å². The average molecular weight is 108 g/mol. The molecule has 0 unspecified atom stereocenters. The molecule has 0 bridgehead atoms. The molecule has 0 amide bonds. The monoisotopic (exact) mass is 108 g/mol. The molecular formula is C7H13B. The summed E-state index contributed by atoms with van der Waals surface area (Å²) < 4.78 is 0. The quantitative estimate of drug-likeness (QED) is 0.412. The highest BCUT2D eigenvalue weighted by molar-refractivity contribution is 6.21. The number of hydrogen-bond acceptors (Lipinski definition) is 0. The van der Waals surface area contributed by atoms with Crippen LogP contribution in [-0.2, 0) is 0 Å². The van der Waals surface area contributed by atoms with E-state index in [1.54, 1.807) is 5.47 Å². The first kappa shape index (κ1) is 5.93. The molecule has 0 aromatic heterocycles. The van der Waals surface area contributed by atoms with Crippen molar-refractivity contribution in [3.05, 3.63) is 11.5 Å². The van der Waals surface area contributed by atoms with E-state index in [1.165, 1.54) is 32.1 Å². The molecule has 0 saturated carbocycles. The topological polar surface area (TPSA) is 0 Å². The highest BCUT2D eigenvalue weighted by Crippen LogP contribution is 2.13. The zero-order valence-electron chi connectivity index (χ0n) is 5.61. The first-order chi connectivity index (χ1) is 3.89. The van der Waals surface area contributed by atoms with E-state index in [-0.39, 0.29) is 0 Å². The molecule has 0 heterocycles. The van der Waals surface area contributed by atoms with Crippen molar-refractivity contribution in [2.75, 3.05) is 0 Å². The van der Waals surface area contributed by atoms with E-state index >= 15 is 0 Å². The molecule has 0 aromatic carbocycles. The summed E-state index contributed by atoms with van der Waals surface area (Å²) in [5.41, 5.74) is 1.60. The van der Waals surface area contributed by atoms with Crippen molar-refractivity contribution in [2.45, 2.75) is 32.1 Å². The van der Waals surface area contributed by atoms with Gasteiger partial charge < -0.3 is 0 Å². The molecule has 0 nitrogen and oxygen atoms in total. The number of allylic oxidation sites excluding steroid dienone is 2. The van der Waals surface area contributed by atoms with Crippen LogP contribution in [0.1, 0.15) is 32.1 Å². The van der Waals surface area contributed by atoms with Crippen molar-refractivity contribution in [3.8, 4) is 0 Å². The molecule has 8 heavy (non-hydrogen) atoms. The lowest BCUT2D eigenvalue weighted by Crippen LogP contribution is -1.77. The van der Waals surface area contributed by atoms with Crippen LogP contribution >= 0.6 is 0 Å². The SMILES string of the molecule is BC1=CCCCCC1. The summed E-state index contributed by atoms with van der Waals surface area (Å²) in [7, 11) is 2.24. The summed E-state index contributed by atoms with van der Waals surface area (Å²) in [5.74, 6) is 0. The second kappa shape index (κ2) is 2.96. The van der Waals surface area contributed by atoms with Crippen molar-refractivity contribution >= 4 is 7.85 Å². The first-order valence-electron chi connectivity index (χ1n) is 3.55. The molecule has 0 radical (unpaired) electrons. The summed E-state index contributed by atoms with van der Waals surface area (Å²) in [6, 6.07) is 0. The summed E-state index contributed by atoms with van der Waals surface area (Å²) >= 11 is 0. The van der Waals surface area contributed by atoms with Gasteiger partial charge in [-0.2, -0.15) is 0 Å². The predicted octanol–water partition coefficient (Wildman–Crippen LogP) is 1.47. The fourth-order valence-corrected chi connectivity index (χ4v) is 1.18. The third-order valence-electron chi connectivity index (χ3n) is 1.77. The average Bonchev–Trinajstić information content (AvgIpc) is 1.94. The second-order valence-electron chi connectivity index (χ2n) is 2.65. The van der Waals surface area contributed by atoms with Crippen LogP contribution in [0.15, 0.2) is 11.5 Å². The molecule has 0 N–H and O–H groups in total. The molecule has 1 rings (SSSR count). The van der Waals surface area contributed by atoms with Crippen LogP contribution in [0.5, 0.6) is 0 Å². The van der Waals surface area contributed by atoms with Gasteiger partial charge in [-0.25, -0.2) is 0 Å². The molecule has 44 valence electrons. The van der Waals surface area contributed by atoms with Gasteiger partial charge in [0.15, 0.2) is 0 Å². The Bertz CT molecular complexity index is 94.6. The maximum atomic E-state index is 2.38. The van der Waals surface area contributed by atoms with Crippen molar-refractivity contribution in [1.82, 2.24) is 0 Å². The second-order valence-corrected chi connectivity index (χ2v) is 2.65. The molecule has 1 aliphatic carbocycles. The Morgan fingerprint density at radius 2 is 2.12 bits per heavy atom. The van der Waals surface area contributed by atoms with E-state index in [1.807, 2.05) is 0 Å². The Morgan fingerprint density at radius 1 is 1.25 bits per heavy atom. The van der Waals surface area contributed by atoms with Crippen LogP contribution in [0.4, 0.5) is 0 Å². The van der Waals surface area contributed by atoms with E-state index in [2.05, 4.69) is 13.9 Å². The minimum absolute atomic E-state index is 1.33. The predicted molar refractivity (Wildman–Crippen MR) is 39.7 cm³/mol. The van der Waals surface area contributed by atoms with Crippen molar-refractivity contribution in [3.63, 3.8) is 0 Å². The molecule has 0 aromatic rings. The number of rotatable bonds is 0. The van der Waals surface area contributed by atoms with Gasteiger partial charge in [0.2, 0.25) is 0 Å². The molecule has 0 spiro atoms. The van der Waals surface area contributed by atoms with E-state index in [9.17, 15) is 0 Å². The molecule has 0 aliphatic heterocycles. The summed E-state index contributed by atoms with van der Waals surface area (Å²) in [4.78, 5) is 0. The van der Waals surface area contributed by atoms with Gasteiger partial charge >= 0.3 is 0 Å². The Hall–Kier alpha value is -0.195. The van der Waals surface area contributed by atoms with Crippen LogP contribution in [0.25, 0.3) is 0 Å². The van der Waals surface area contributed by atoms with Crippen molar-refractivity contribution in [1.29, 1.82) is 0 Å². The summed E-state index contributed by atoms with van der Waals surface area (Å²) in [6.45, 7) is 0. The highest BCUT2D eigenvalue weighted by atomic mass is 14.0. The molecule has 0 saturated heterocycles. The number of hydrogen-bond donors (Lipinski definition) is 0. The molecule has 0 fully saturated rings. The van der Waals surface area contributed by atoms with Gasteiger partial charge in [-0.3, -0.25) is 0 Å². The van der Waals surface area contributed by atoms with Crippen LogP contribution in [-0.4, -0.2) is 7.85 Å². The third kappa shape index (κ3) is 1.73. The largest absolute Gasteiger partial charge is 0.133 e. The third-order valence-corrected chi connectivity index (χ3v) is 1.77.